The van der Waals surface area contributed by atoms with Crippen molar-refractivity contribution in [2.75, 3.05) is 44.2 Å². The number of piperidine rings is 1. The Hall–Kier alpha value is -2.08. The number of ether oxygens (including phenoxy) is 1. The Kier molecular flexibility index (Phi) is 6.28. The lowest BCUT2D eigenvalue weighted by atomic mass is 10.1. The number of carbonyl (C=O) groups is 2. The molecule has 2 aliphatic heterocycles. The van der Waals surface area contributed by atoms with Crippen molar-refractivity contribution in [1.29, 1.82) is 0 Å². The minimum Gasteiger partial charge on any atom is -0.491 e. The highest BCUT2D eigenvalue weighted by atomic mass is 16.5. The Morgan fingerprint density at radius 1 is 1.16 bits per heavy atom. The van der Waals surface area contributed by atoms with Crippen LogP contribution < -0.4 is 15.0 Å². The molecule has 3 rings (SSSR count). The van der Waals surface area contributed by atoms with E-state index in [4.69, 9.17) is 4.74 Å². The molecule has 1 aromatic rings. The Labute approximate surface area is 149 Å². The summed E-state index contributed by atoms with van der Waals surface area (Å²) < 4.78 is 5.60. The van der Waals surface area contributed by atoms with Crippen molar-refractivity contribution in [3.8, 4) is 5.75 Å². The SMILES string of the molecule is O=C(CN1C(=O)CCOc2ccccc21)NCCCN1CCCCC1. The molecule has 2 aliphatic rings. The Bertz CT molecular complexity index is 599. The van der Waals surface area contributed by atoms with Crippen molar-refractivity contribution < 1.29 is 14.3 Å². The van der Waals surface area contributed by atoms with Gasteiger partial charge in [-0.15, -0.1) is 0 Å². The van der Waals surface area contributed by atoms with Gasteiger partial charge in [-0.2, -0.15) is 0 Å². The van der Waals surface area contributed by atoms with Crippen LogP contribution in [0.5, 0.6) is 5.75 Å². The first-order valence-electron chi connectivity index (χ1n) is 9.25. The number of anilines is 1. The zero-order chi connectivity index (χ0) is 17.5. The molecule has 0 aromatic heterocycles. The fraction of sp³-hybridized carbons (Fsp3) is 0.579. The van der Waals surface area contributed by atoms with Crippen molar-refractivity contribution in [3.63, 3.8) is 0 Å². The van der Waals surface area contributed by atoms with E-state index >= 15 is 0 Å². The molecule has 1 N–H and O–H groups in total. The average molecular weight is 345 g/mol. The first kappa shape index (κ1) is 17.7. The fourth-order valence-electron chi connectivity index (χ4n) is 3.41. The number of benzene rings is 1. The van der Waals surface area contributed by atoms with E-state index < -0.39 is 0 Å². The van der Waals surface area contributed by atoms with Crippen LogP contribution in [0.4, 0.5) is 5.69 Å². The largest absolute Gasteiger partial charge is 0.491 e. The molecule has 1 fully saturated rings. The van der Waals surface area contributed by atoms with Crippen LogP contribution in [0.3, 0.4) is 0 Å². The number of fused-ring (bicyclic) bond motifs is 1. The first-order valence-corrected chi connectivity index (χ1v) is 9.25. The molecule has 2 amide bonds. The standard InChI is InChI=1S/C19H27N3O3/c23-18(20-10-6-13-21-11-4-1-5-12-21)15-22-16-7-2-3-8-17(16)25-14-9-19(22)24/h2-3,7-8H,1,4-6,9-15H2,(H,20,23). The van der Waals surface area contributed by atoms with Crippen molar-refractivity contribution in [1.82, 2.24) is 10.2 Å². The van der Waals surface area contributed by atoms with Gasteiger partial charge in [-0.3, -0.25) is 14.5 Å². The summed E-state index contributed by atoms with van der Waals surface area (Å²) in [5.41, 5.74) is 0.675. The molecule has 0 bridgehead atoms. The molecule has 136 valence electrons. The summed E-state index contributed by atoms with van der Waals surface area (Å²) in [6, 6.07) is 7.37. The molecule has 2 heterocycles. The lowest BCUT2D eigenvalue weighted by Gasteiger charge is -2.26. The Morgan fingerprint density at radius 2 is 1.96 bits per heavy atom. The van der Waals surface area contributed by atoms with Crippen LogP contribution in [-0.2, 0) is 9.59 Å². The van der Waals surface area contributed by atoms with Crippen LogP contribution >= 0.6 is 0 Å². The minimum atomic E-state index is -0.122. The molecule has 1 saturated heterocycles. The van der Waals surface area contributed by atoms with Crippen LogP contribution in [0.15, 0.2) is 24.3 Å². The maximum absolute atomic E-state index is 12.3. The van der Waals surface area contributed by atoms with Gasteiger partial charge in [0.25, 0.3) is 0 Å². The average Bonchev–Trinajstić information content (AvgIpc) is 2.79. The zero-order valence-corrected chi connectivity index (χ0v) is 14.7. The normalized spacial score (nSPS) is 18.2. The topological polar surface area (TPSA) is 61.9 Å². The fourth-order valence-corrected chi connectivity index (χ4v) is 3.41. The number of hydrogen-bond donors (Lipinski definition) is 1. The molecule has 6 heteroatoms. The predicted octanol–water partition coefficient (Wildman–Crippen LogP) is 1.79. The van der Waals surface area contributed by atoms with Crippen molar-refractivity contribution in [2.24, 2.45) is 0 Å². The monoisotopic (exact) mass is 345 g/mol. The molecule has 0 spiro atoms. The van der Waals surface area contributed by atoms with E-state index in [1.807, 2.05) is 24.3 Å². The number of carbonyl (C=O) groups excluding carboxylic acids is 2. The number of nitrogens with one attached hydrogen (secondary N) is 1. The molecule has 0 aliphatic carbocycles. The van der Waals surface area contributed by atoms with Gasteiger partial charge in [-0.05, 0) is 51.0 Å². The predicted molar refractivity (Wildman–Crippen MR) is 96.8 cm³/mol. The quantitative estimate of drug-likeness (QED) is 0.799. The molecular weight excluding hydrogens is 318 g/mol. The van der Waals surface area contributed by atoms with Gasteiger partial charge in [0.1, 0.15) is 12.3 Å². The van der Waals surface area contributed by atoms with Crippen molar-refractivity contribution in [3.05, 3.63) is 24.3 Å². The molecule has 0 unspecified atom stereocenters. The third-order valence-electron chi connectivity index (χ3n) is 4.75. The van der Waals surface area contributed by atoms with E-state index in [2.05, 4.69) is 10.2 Å². The Balaban J connectivity index is 1.47. The molecule has 0 radical (unpaired) electrons. The smallest absolute Gasteiger partial charge is 0.240 e. The number of hydrogen-bond acceptors (Lipinski definition) is 4. The molecule has 0 atom stereocenters. The van der Waals surface area contributed by atoms with E-state index in [1.165, 1.54) is 37.3 Å². The summed E-state index contributed by atoms with van der Waals surface area (Å²) in [6.45, 7) is 4.42. The summed E-state index contributed by atoms with van der Waals surface area (Å²) in [7, 11) is 0. The van der Waals surface area contributed by atoms with E-state index in [1.54, 1.807) is 0 Å². The lowest BCUT2D eigenvalue weighted by Crippen LogP contribution is -2.41. The van der Waals surface area contributed by atoms with Gasteiger partial charge >= 0.3 is 0 Å². The second-order valence-corrected chi connectivity index (χ2v) is 6.65. The highest BCUT2D eigenvalue weighted by Crippen LogP contribution is 2.30. The van der Waals surface area contributed by atoms with Crippen molar-refractivity contribution in [2.45, 2.75) is 32.1 Å². The second kappa shape index (κ2) is 8.85. The lowest BCUT2D eigenvalue weighted by molar-refractivity contribution is -0.123. The summed E-state index contributed by atoms with van der Waals surface area (Å²) in [6.07, 6.45) is 5.13. The summed E-state index contributed by atoms with van der Waals surface area (Å²) in [5.74, 6) is 0.461. The van der Waals surface area contributed by atoms with Crippen LogP contribution in [0.1, 0.15) is 32.1 Å². The van der Waals surface area contributed by atoms with Gasteiger partial charge in [0.05, 0.1) is 18.7 Å². The highest BCUT2D eigenvalue weighted by molar-refractivity contribution is 6.00. The number of amides is 2. The van der Waals surface area contributed by atoms with E-state index in [-0.39, 0.29) is 24.8 Å². The molecule has 6 nitrogen and oxygen atoms in total. The van der Waals surface area contributed by atoms with Crippen molar-refractivity contribution >= 4 is 17.5 Å². The summed E-state index contributed by atoms with van der Waals surface area (Å²) >= 11 is 0. The second-order valence-electron chi connectivity index (χ2n) is 6.65. The third kappa shape index (κ3) is 4.95. The first-order chi connectivity index (χ1) is 12.2. The van der Waals surface area contributed by atoms with Crippen LogP contribution in [0.2, 0.25) is 0 Å². The molecular formula is C19H27N3O3. The van der Waals surface area contributed by atoms with Gasteiger partial charge in [0.15, 0.2) is 0 Å². The number of likely N-dealkylation sites (tertiary alicyclic amines) is 1. The maximum Gasteiger partial charge on any atom is 0.240 e. The number of nitrogens with zero attached hydrogens (tertiary/aromatic N) is 2. The van der Waals surface area contributed by atoms with Gasteiger partial charge in [-0.25, -0.2) is 0 Å². The minimum absolute atomic E-state index is 0.0446. The van der Waals surface area contributed by atoms with Crippen LogP contribution in [0, 0.1) is 0 Å². The zero-order valence-electron chi connectivity index (χ0n) is 14.7. The third-order valence-corrected chi connectivity index (χ3v) is 4.75. The summed E-state index contributed by atoms with van der Waals surface area (Å²) in [4.78, 5) is 28.6. The number of rotatable bonds is 6. The maximum atomic E-state index is 12.3. The van der Waals surface area contributed by atoms with Crippen LogP contribution in [0.25, 0.3) is 0 Å². The Morgan fingerprint density at radius 3 is 2.80 bits per heavy atom. The number of para-hydroxylation sites is 2. The van der Waals surface area contributed by atoms with Gasteiger partial charge in [0, 0.05) is 6.54 Å². The van der Waals surface area contributed by atoms with Gasteiger partial charge < -0.3 is 15.0 Å². The molecule has 1 aromatic carbocycles. The van der Waals surface area contributed by atoms with Crippen LogP contribution in [-0.4, -0.2) is 56.0 Å². The van der Waals surface area contributed by atoms with E-state index in [0.29, 0.717) is 24.6 Å². The summed E-state index contributed by atoms with van der Waals surface area (Å²) in [5, 5.41) is 2.94. The van der Waals surface area contributed by atoms with E-state index in [0.717, 1.165) is 13.0 Å². The molecule has 25 heavy (non-hydrogen) atoms. The van der Waals surface area contributed by atoms with Gasteiger partial charge in [-0.1, -0.05) is 18.6 Å². The highest BCUT2D eigenvalue weighted by Gasteiger charge is 2.24. The molecule has 0 saturated carbocycles. The van der Waals surface area contributed by atoms with Gasteiger partial charge in [0.2, 0.25) is 11.8 Å². The van der Waals surface area contributed by atoms with E-state index in [9.17, 15) is 9.59 Å².